The molecule has 1 aromatic rings. The monoisotopic (exact) mass is 270 g/mol. The van der Waals surface area contributed by atoms with Crippen molar-refractivity contribution in [1.82, 2.24) is 20.3 Å². The Kier molecular flexibility index (Phi) is 4.71. The quantitative estimate of drug-likeness (QED) is 0.722. The highest BCUT2D eigenvalue weighted by atomic mass is 32.2. The topological polar surface area (TPSA) is 91.8 Å². The molecule has 0 saturated carbocycles. The van der Waals surface area contributed by atoms with E-state index in [-0.39, 0.29) is 17.5 Å². The Hall–Kier alpha value is -1.57. The molecule has 0 bridgehead atoms. The zero-order valence-corrected chi connectivity index (χ0v) is 12.0. The number of anilines is 2. The summed E-state index contributed by atoms with van der Waals surface area (Å²) in [4.78, 5) is 23.7. The Morgan fingerprint density at radius 2 is 1.78 bits per heavy atom. The van der Waals surface area contributed by atoms with Crippen molar-refractivity contribution in [3.63, 3.8) is 0 Å². The van der Waals surface area contributed by atoms with Crippen molar-refractivity contribution in [1.29, 1.82) is 0 Å². The first-order valence-electron chi connectivity index (χ1n) is 5.41. The second kappa shape index (κ2) is 5.85. The summed E-state index contributed by atoms with van der Waals surface area (Å²) in [5.41, 5.74) is -0.165. The normalized spacial score (nSPS) is 10.9. The van der Waals surface area contributed by atoms with Crippen LogP contribution >= 0.6 is 11.8 Å². The van der Waals surface area contributed by atoms with Gasteiger partial charge in [0.25, 0.3) is 0 Å². The molecule has 100 valence electrons. The highest BCUT2D eigenvalue weighted by Gasteiger charge is 2.14. The SMILES string of the molecule is CNC(=O)Nc1nc(NC(C)(C)C)nc(SC)n1. The minimum Gasteiger partial charge on any atom is -0.349 e. The van der Waals surface area contributed by atoms with Crippen molar-refractivity contribution < 1.29 is 4.79 Å². The van der Waals surface area contributed by atoms with Crippen molar-refractivity contribution in [2.75, 3.05) is 23.9 Å². The molecule has 0 saturated heterocycles. The van der Waals surface area contributed by atoms with Crippen LogP contribution in [0.25, 0.3) is 0 Å². The first-order chi connectivity index (χ1) is 8.34. The molecule has 2 amide bonds. The van der Waals surface area contributed by atoms with Gasteiger partial charge in [0.2, 0.25) is 11.9 Å². The van der Waals surface area contributed by atoms with Gasteiger partial charge in [-0.15, -0.1) is 0 Å². The molecule has 1 aromatic heterocycles. The lowest BCUT2D eigenvalue weighted by molar-refractivity contribution is 0.253. The van der Waals surface area contributed by atoms with Gasteiger partial charge in [-0.1, -0.05) is 11.8 Å². The Bertz CT molecular complexity index is 431. The molecule has 1 heterocycles. The lowest BCUT2D eigenvalue weighted by Crippen LogP contribution is -2.29. The van der Waals surface area contributed by atoms with E-state index < -0.39 is 0 Å². The van der Waals surface area contributed by atoms with Gasteiger partial charge in [0, 0.05) is 12.6 Å². The molecule has 8 heteroatoms. The number of rotatable bonds is 3. The van der Waals surface area contributed by atoms with E-state index in [9.17, 15) is 4.79 Å². The van der Waals surface area contributed by atoms with Crippen molar-refractivity contribution in [3.8, 4) is 0 Å². The lowest BCUT2D eigenvalue weighted by Gasteiger charge is -2.20. The molecule has 0 fully saturated rings. The van der Waals surface area contributed by atoms with Gasteiger partial charge in [-0.2, -0.15) is 15.0 Å². The number of nitrogens with zero attached hydrogens (tertiary/aromatic N) is 3. The van der Waals surface area contributed by atoms with E-state index in [0.717, 1.165) is 0 Å². The third kappa shape index (κ3) is 4.74. The van der Waals surface area contributed by atoms with Crippen molar-refractivity contribution in [2.45, 2.75) is 31.5 Å². The van der Waals surface area contributed by atoms with Gasteiger partial charge in [-0.25, -0.2) is 4.79 Å². The maximum absolute atomic E-state index is 11.2. The molecule has 0 aliphatic rings. The fourth-order valence-corrected chi connectivity index (χ4v) is 1.41. The van der Waals surface area contributed by atoms with Crippen LogP contribution in [-0.2, 0) is 0 Å². The maximum Gasteiger partial charge on any atom is 0.321 e. The molecule has 0 aromatic carbocycles. The highest BCUT2D eigenvalue weighted by molar-refractivity contribution is 7.98. The van der Waals surface area contributed by atoms with Crippen LogP contribution in [0.3, 0.4) is 0 Å². The average Bonchev–Trinajstić information content (AvgIpc) is 2.26. The summed E-state index contributed by atoms with van der Waals surface area (Å²) < 4.78 is 0. The van der Waals surface area contributed by atoms with Gasteiger partial charge in [-0.3, -0.25) is 5.32 Å². The third-order valence-electron chi connectivity index (χ3n) is 1.74. The van der Waals surface area contributed by atoms with E-state index in [1.54, 1.807) is 0 Å². The third-order valence-corrected chi connectivity index (χ3v) is 2.28. The Balaban J connectivity index is 2.98. The number of amides is 2. The minimum absolute atomic E-state index is 0.165. The predicted molar refractivity (Wildman–Crippen MR) is 73.1 cm³/mol. The summed E-state index contributed by atoms with van der Waals surface area (Å²) in [7, 11) is 1.53. The zero-order chi connectivity index (χ0) is 13.8. The van der Waals surface area contributed by atoms with Gasteiger partial charge >= 0.3 is 6.03 Å². The number of hydrogen-bond donors (Lipinski definition) is 3. The molecule has 18 heavy (non-hydrogen) atoms. The molecular formula is C10H18N6OS. The standard InChI is InChI=1S/C10H18N6OS/c1-10(2,3)16-7-12-6(13-8(17)11-4)14-9(15-7)18-5/h1-5H3,(H3,11,12,13,14,15,16,17). The van der Waals surface area contributed by atoms with Crippen LogP contribution < -0.4 is 16.0 Å². The second-order valence-electron chi connectivity index (χ2n) is 4.55. The highest BCUT2D eigenvalue weighted by Crippen LogP contribution is 2.16. The number of nitrogens with one attached hydrogen (secondary N) is 3. The second-order valence-corrected chi connectivity index (χ2v) is 5.32. The Morgan fingerprint density at radius 1 is 1.17 bits per heavy atom. The summed E-state index contributed by atoms with van der Waals surface area (Å²) in [5.74, 6) is 0.661. The summed E-state index contributed by atoms with van der Waals surface area (Å²) in [6, 6.07) is -0.366. The van der Waals surface area contributed by atoms with Gasteiger partial charge in [-0.05, 0) is 27.0 Å². The fourth-order valence-electron chi connectivity index (χ4n) is 1.06. The predicted octanol–water partition coefficient (Wildman–Crippen LogP) is 1.56. The zero-order valence-electron chi connectivity index (χ0n) is 11.2. The van der Waals surface area contributed by atoms with Crippen LogP contribution in [-0.4, -0.2) is 39.8 Å². The molecular weight excluding hydrogens is 252 g/mol. The molecule has 0 aliphatic heterocycles. The van der Waals surface area contributed by atoms with Crippen LogP contribution in [0, 0.1) is 0 Å². The maximum atomic E-state index is 11.2. The molecule has 0 radical (unpaired) electrons. The molecule has 7 nitrogen and oxygen atoms in total. The van der Waals surface area contributed by atoms with Crippen molar-refractivity contribution in [3.05, 3.63) is 0 Å². The van der Waals surface area contributed by atoms with Crippen LogP contribution in [0.4, 0.5) is 16.7 Å². The number of thioether (sulfide) groups is 1. The molecule has 0 aliphatic carbocycles. The van der Waals surface area contributed by atoms with E-state index in [0.29, 0.717) is 11.1 Å². The molecule has 1 rings (SSSR count). The Labute approximate surface area is 111 Å². The number of carbonyl (C=O) groups excluding carboxylic acids is 1. The molecule has 0 unspecified atom stereocenters. The van der Waals surface area contributed by atoms with Gasteiger partial charge in [0.1, 0.15) is 0 Å². The lowest BCUT2D eigenvalue weighted by atomic mass is 10.1. The van der Waals surface area contributed by atoms with E-state index in [2.05, 4.69) is 30.9 Å². The minimum atomic E-state index is -0.366. The van der Waals surface area contributed by atoms with E-state index >= 15 is 0 Å². The van der Waals surface area contributed by atoms with Crippen LogP contribution in [0.5, 0.6) is 0 Å². The summed E-state index contributed by atoms with van der Waals surface area (Å²) in [6.45, 7) is 6.00. The summed E-state index contributed by atoms with van der Waals surface area (Å²) in [6.07, 6.45) is 1.86. The number of hydrogen-bond acceptors (Lipinski definition) is 6. The summed E-state index contributed by atoms with van der Waals surface area (Å²) in [5, 5.41) is 8.65. The molecule has 3 N–H and O–H groups in total. The number of carbonyl (C=O) groups is 1. The van der Waals surface area contributed by atoms with Gasteiger partial charge in [0.15, 0.2) is 5.16 Å². The smallest absolute Gasteiger partial charge is 0.321 e. The average molecular weight is 270 g/mol. The largest absolute Gasteiger partial charge is 0.349 e. The van der Waals surface area contributed by atoms with E-state index in [1.807, 2.05) is 27.0 Å². The van der Waals surface area contributed by atoms with Crippen molar-refractivity contribution >= 4 is 29.7 Å². The van der Waals surface area contributed by atoms with Gasteiger partial charge < -0.3 is 10.6 Å². The fraction of sp³-hybridized carbons (Fsp3) is 0.600. The number of aromatic nitrogens is 3. The van der Waals surface area contributed by atoms with Crippen molar-refractivity contribution in [2.24, 2.45) is 0 Å². The Morgan fingerprint density at radius 3 is 2.28 bits per heavy atom. The summed E-state index contributed by atoms with van der Waals surface area (Å²) >= 11 is 1.38. The van der Waals surface area contributed by atoms with E-state index in [4.69, 9.17) is 0 Å². The van der Waals surface area contributed by atoms with Crippen LogP contribution in [0.1, 0.15) is 20.8 Å². The van der Waals surface area contributed by atoms with E-state index in [1.165, 1.54) is 18.8 Å². The van der Waals surface area contributed by atoms with Crippen LogP contribution in [0.15, 0.2) is 5.16 Å². The van der Waals surface area contributed by atoms with Gasteiger partial charge in [0.05, 0.1) is 0 Å². The first kappa shape index (κ1) is 14.5. The number of urea groups is 1. The first-order valence-corrected chi connectivity index (χ1v) is 6.63. The molecule has 0 spiro atoms. The molecule has 0 atom stereocenters. The van der Waals surface area contributed by atoms with Crippen LogP contribution in [0.2, 0.25) is 0 Å².